The summed E-state index contributed by atoms with van der Waals surface area (Å²) in [6.07, 6.45) is 1.74. The van der Waals surface area contributed by atoms with Crippen LogP contribution in [0.25, 0.3) is 0 Å². The Labute approximate surface area is 128 Å². The summed E-state index contributed by atoms with van der Waals surface area (Å²) < 4.78 is 5.67. The third kappa shape index (κ3) is 4.86. The van der Waals surface area contributed by atoms with Crippen LogP contribution in [0, 0.1) is 13.8 Å². The van der Waals surface area contributed by atoms with Gasteiger partial charge in [0.25, 0.3) is 0 Å². The smallest absolute Gasteiger partial charge is 0.308 e. The Bertz CT molecular complexity index is 604. The standard InChI is InChI=1S/C16H19NO3S/c1-11-5-7-13(8-6-11)20-9-3-4-15-17-12(2)14(21-15)10-16(18)19/h5-8H,3-4,9-10H2,1-2H3,(H,18,19). The van der Waals surface area contributed by atoms with Gasteiger partial charge in [-0.15, -0.1) is 11.3 Å². The third-order valence-corrected chi connectivity index (χ3v) is 4.29. The molecular weight excluding hydrogens is 286 g/mol. The van der Waals surface area contributed by atoms with Gasteiger partial charge in [-0.05, 0) is 32.4 Å². The van der Waals surface area contributed by atoms with Gasteiger partial charge in [0.1, 0.15) is 5.75 Å². The Morgan fingerprint density at radius 1 is 1.29 bits per heavy atom. The number of thiazole rings is 1. The van der Waals surface area contributed by atoms with E-state index in [0.717, 1.165) is 34.2 Å². The van der Waals surface area contributed by atoms with Gasteiger partial charge in [-0.2, -0.15) is 0 Å². The largest absolute Gasteiger partial charge is 0.494 e. The molecule has 0 spiro atoms. The molecular formula is C16H19NO3S. The summed E-state index contributed by atoms with van der Waals surface area (Å²) in [5.41, 5.74) is 2.04. The number of carboxylic acids is 1. The van der Waals surface area contributed by atoms with Crippen LogP contribution in [0.1, 0.15) is 27.6 Å². The van der Waals surface area contributed by atoms with Crippen molar-refractivity contribution in [2.24, 2.45) is 0 Å². The normalized spacial score (nSPS) is 10.6. The van der Waals surface area contributed by atoms with Crippen LogP contribution in [-0.2, 0) is 17.6 Å². The molecule has 0 saturated carbocycles. The average Bonchev–Trinajstić information content (AvgIpc) is 2.76. The Morgan fingerprint density at radius 3 is 2.67 bits per heavy atom. The molecule has 0 radical (unpaired) electrons. The lowest BCUT2D eigenvalue weighted by Crippen LogP contribution is -1.99. The maximum absolute atomic E-state index is 10.7. The number of rotatable bonds is 7. The highest BCUT2D eigenvalue weighted by atomic mass is 32.1. The topological polar surface area (TPSA) is 59.4 Å². The number of aliphatic carboxylic acids is 1. The van der Waals surface area contributed by atoms with E-state index in [4.69, 9.17) is 9.84 Å². The summed E-state index contributed by atoms with van der Waals surface area (Å²) in [4.78, 5) is 16.0. The molecule has 1 N–H and O–H groups in total. The molecule has 1 heterocycles. The van der Waals surface area contributed by atoms with Crippen molar-refractivity contribution < 1.29 is 14.6 Å². The number of nitrogens with zero attached hydrogens (tertiary/aromatic N) is 1. The van der Waals surface area contributed by atoms with Gasteiger partial charge >= 0.3 is 5.97 Å². The van der Waals surface area contributed by atoms with E-state index in [1.807, 2.05) is 38.1 Å². The van der Waals surface area contributed by atoms with Crippen molar-refractivity contribution in [3.05, 3.63) is 45.4 Å². The average molecular weight is 305 g/mol. The van der Waals surface area contributed by atoms with E-state index in [9.17, 15) is 4.79 Å². The predicted molar refractivity (Wildman–Crippen MR) is 83.2 cm³/mol. The van der Waals surface area contributed by atoms with E-state index in [0.29, 0.717) is 6.61 Å². The van der Waals surface area contributed by atoms with Crippen LogP contribution in [0.15, 0.2) is 24.3 Å². The predicted octanol–water partition coefficient (Wildman–Crippen LogP) is 3.40. The Kier molecular flexibility index (Phi) is 5.33. The lowest BCUT2D eigenvalue weighted by Gasteiger charge is -2.05. The zero-order valence-corrected chi connectivity index (χ0v) is 13.1. The van der Waals surface area contributed by atoms with Crippen molar-refractivity contribution in [2.45, 2.75) is 33.1 Å². The summed E-state index contributed by atoms with van der Waals surface area (Å²) >= 11 is 1.49. The van der Waals surface area contributed by atoms with Crippen molar-refractivity contribution in [1.82, 2.24) is 4.98 Å². The van der Waals surface area contributed by atoms with Crippen LogP contribution in [0.3, 0.4) is 0 Å². The van der Waals surface area contributed by atoms with Gasteiger partial charge in [-0.1, -0.05) is 17.7 Å². The van der Waals surface area contributed by atoms with Gasteiger partial charge < -0.3 is 9.84 Å². The lowest BCUT2D eigenvalue weighted by atomic mass is 10.2. The number of hydrogen-bond donors (Lipinski definition) is 1. The first-order valence-electron chi connectivity index (χ1n) is 6.91. The second-order valence-corrected chi connectivity index (χ2v) is 6.12. The number of carbonyl (C=O) groups is 1. The molecule has 0 aliphatic carbocycles. The monoisotopic (exact) mass is 305 g/mol. The van der Waals surface area contributed by atoms with Crippen LogP contribution in [0.4, 0.5) is 0 Å². The number of aromatic nitrogens is 1. The Hall–Kier alpha value is -1.88. The number of ether oxygens (including phenoxy) is 1. The molecule has 0 amide bonds. The van der Waals surface area contributed by atoms with Crippen LogP contribution in [0.2, 0.25) is 0 Å². The van der Waals surface area contributed by atoms with Crippen LogP contribution < -0.4 is 4.74 Å². The van der Waals surface area contributed by atoms with E-state index in [1.165, 1.54) is 16.9 Å². The molecule has 0 aliphatic rings. The molecule has 112 valence electrons. The zero-order valence-electron chi connectivity index (χ0n) is 12.3. The molecule has 0 fully saturated rings. The number of aryl methyl sites for hydroxylation is 3. The summed E-state index contributed by atoms with van der Waals surface area (Å²) in [6, 6.07) is 7.98. The van der Waals surface area contributed by atoms with E-state index in [1.54, 1.807) is 0 Å². The van der Waals surface area contributed by atoms with Crippen molar-refractivity contribution in [3.63, 3.8) is 0 Å². The highest BCUT2D eigenvalue weighted by Crippen LogP contribution is 2.20. The molecule has 2 aromatic rings. The van der Waals surface area contributed by atoms with Crippen LogP contribution in [-0.4, -0.2) is 22.7 Å². The first kappa shape index (κ1) is 15.5. The van der Waals surface area contributed by atoms with E-state index in [-0.39, 0.29) is 6.42 Å². The first-order chi connectivity index (χ1) is 10.0. The molecule has 0 atom stereocenters. The summed E-state index contributed by atoms with van der Waals surface area (Å²) in [5.74, 6) is 0.0680. The maximum Gasteiger partial charge on any atom is 0.308 e. The second kappa shape index (κ2) is 7.22. The van der Waals surface area contributed by atoms with Crippen molar-refractivity contribution in [1.29, 1.82) is 0 Å². The Balaban J connectivity index is 1.78. The molecule has 0 saturated heterocycles. The third-order valence-electron chi connectivity index (χ3n) is 3.07. The fourth-order valence-corrected chi connectivity index (χ4v) is 3.05. The molecule has 4 nitrogen and oxygen atoms in total. The molecule has 2 rings (SSSR count). The van der Waals surface area contributed by atoms with Crippen LogP contribution >= 0.6 is 11.3 Å². The number of carboxylic acid groups (broad SMARTS) is 1. The molecule has 5 heteroatoms. The van der Waals surface area contributed by atoms with Crippen molar-refractivity contribution in [2.75, 3.05) is 6.61 Å². The van der Waals surface area contributed by atoms with Crippen LogP contribution in [0.5, 0.6) is 5.75 Å². The van der Waals surface area contributed by atoms with E-state index in [2.05, 4.69) is 4.98 Å². The van der Waals surface area contributed by atoms with E-state index < -0.39 is 5.97 Å². The second-order valence-electron chi connectivity index (χ2n) is 4.95. The SMILES string of the molecule is Cc1ccc(OCCCc2nc(C)c(CC(=O)O)s2)cc1. The minimum Gasteiger partial charge on any atom is -0.494 e. The minimum absolute atomic E-state index is 0.0589. The Morgan fingerprint density at radius 2 is 2.00 bits per heavy atom. The molecule has 0 unspecified atom stereocenters. The van der Waals surface area contributed by atoms with E-state index >= 15 is 0 Å². The minimum atomic E-state index is -0.809. The highest BCUT2D eigenvalue weighted by Gasteiger charge is 2.10. The molecule has 0 bridgehead atoms. The van der Waals surface area contributed by atoms with Gasteiger partial charge in [-0.25, -0.2) is 4.98 Å². The number of hydrogen-bond acceptors (Lipinski definition) is 4. The molecule has 1 aromatic heterocycles. The fourth-order valence-electron chi connectivity index (χ4n) is 1.94. The summed E-state index contributed by atoms with van der Waals surface area (Å²) in [6.45, 7) is 4.54. The summed E-state index contributed by atoms with van der Waals surface area (Å²) in [7, 11) is 0. The summed E-state index contributed by atoms with van der Waals surface area (Å²) in [5, 5.41) is 9.80. The first-order valence-corrected chi connectivity index (χ1v) is 7.72. The van der Waals surface area contributed by atoms with Gasteiger partial charge in [0.2, 0.25) is 0 Å². The van der Waals surface area contributed by atoms with Gasteiger partial charge in [0.05, 0.1) is 23.7 Å². The maximum atomic E-state index is 10.7. The lowest BCUT2D eigenvalue weighted by molar-refractivity contribution is -0.136. The van der Waals surface area contributed by atoms with Gasteiger partial charge in [-0.3, -0.25) is 4.79 Å². The highest BCUT2D eigenvalue weighted by molar-refractivity contribution is 7.11. The van der Waals surface area contributed by atoms with Crippen molar-refractivity contribution >= 4 is 17.3 Å². The molecule has 21 heavy (non-hydrogen) atoms. The van der Waals surface area contributed by atoms with Gasteiger partial charge in [0.15, 0.2) is 0 Å². The molecule has 0 aliphatic heterocycles. The zero-order chi connectivity index (χ0) is 15.2. The fraction of sp³-hybridized carbons (Fsp3) is 0.375. The number of benzene rings is 1. The quantitative estimate of drug-likeness (QED) is 0.797. The van der Waals surface area contributed by atoms with Gasteiger partial charge in [0, 0.05) is 11.3 Å². The van der Waals surface area contributed by atoms with Crippen molar-refractivity contribution in [3.8, 4) is 5.75 Å². The molecule has 1 aromatic carbocycles.